The van der Waals surface area contributed by atoms with Gasteiger partial charge in [0.1, 0.15) is 11.4 Å². The third-order valence-corrected chi connectivity index (χ3v) is 5.09. The van der Waals surface area contributed by atoms with E-state index in [9.17, 15) is 9.90 Å². The van der Waals surface area contributed by atoms with Gasteiger partial charge in [-0.2, -0.15) is 0 Å². The second-order valence-electron chi connectivity index (χ2n) is 5.88. The van der Waals surface area contributed by atoms with Crippen LogP contribution in [0.3, 0.4) is 0 Å². The predicted molar refractivity (Wildman–Crippen MR) is 96.1 cm³/mol. The standard InChI is InChI=1S/C19H21NO3S/c21-18(13-24-12-15-6-2-1-3-7-15)20-14-19(22)10-11-23-17-9-5-4-8-16(17)19/h1-9,22H,10-14H2,(H,20,21)/t19-/m1/s1. The normalized spacial score (nSPS) is 19.2. The Balaban J connectivity index is 1.49. The molecule has 1 atom stereocenters. The maximum atomic E-state index is 12.1. The molecule has 0 radical (unpaired) electrons. The van der Waals surface area contributed by atoms with Crippen molar-refractivity contribution in [1.29, 1.82) is 0 Å². The summed E-state index contributed by atoms with van der Waals surface area (Å²) in [5, 5.41) is 13.7. The van der Waals surface area contributed by atoms with Crippen molar-refractivity contribution in [2.45, 2.75) is 17.8 Å². The van der Waals surface area contributed by atoms with Crippen LogP contribution in [0.2, 0.25) is 0 Å². The highest BCUT2D eigenvalue weighted by atomic mass is 32.2. The zero-order chi connectivity index (χ0) is 16.8. The van der Waals surface area contributed by atoms with E-state index in [1.54, 1.807) is 11.8 Å². The lowest BCUT2D eigenvalue weighted by atomic mass is 9.88. The average molecular weight is 343 g/mol. The van der Waals surface area contributed by atoms with Gasteiger partial charge in [0.05, 0.1) is 18.9 Å². The van der Waals surface area contributed by atoms with Crippen molar-refractivity contribution in [2.24, 2.45) is 0 Å². The molecule has 1 heterocycles. The van der Waals surface area contributed by atoms with Crippen LogP contribution in [-0.2, 0) is 16.1 Å². The van der Waals surface area contributed by atoms with E-state index in [1.165, 1.54) is 5.56 Å². The van der Waals surface area contributed by atoms with Crippen molar-refractivity contribution in [3.05, 3.63) is 65.7 Å². The van der Waals surface area contributed by atoms with Gasteiger partial charge in [0, 0.05) is 17.7 Å². The largest absolute Gasteiger partial charge is 0.493 e. The van der Waals surface area contributed by atoms with Gasteiger partial charge < -0.3 is 15.2 Å². The number of hydrogen-bond acceptors (Lipinski definition) is 4. The molecule has 0 aromatic heterocycles. The number of rotatable bonds is 6. The Morgan fingerprint density at radius 3 is 2.75 bits per heavy atom. The zero-order valence-electron chi connectivity index (χ0n) is 13.4. The molecule has 126 valence electrons. The number of carbonyl (C=O) groups is 1. The lowest BCUT2D eigenvalue weighted by molar-refractivity contribution is -0.120. The highest BCUT2D eigenvalue weighted by Crippen LogP contribution is 2.36. The van der Waals surface area contributed by atoms with Crippen LogP contribution in [0.1, 0.15) is 17.5 Å². The number of amides is 1. The lowest BCUT2D eigenvalue weighted by Gasteiger charge is -2.34. The Kier molecular flexibility index (Phi) is 5.43. The summed E-state index contributed by atoms with van der Waals surface area (Å²) in [6, 6.07) is 17.5. The lowest BCUT2D eigenvalue weighted by Crippen LogP contribution is -2.44. The molecule has 1 amide bonds. The van der Waals surface area contributed by atoms with Crippen molar-refractivity contribution < 1.29 is 14.6 Å². The summed E-state index contributed by atoms with van der Waals surface area (Å²) in [4.78, 5) is 12.1. The van der Waals surface area contributed by atoms with E-state index in [2.05, 4.69) is 5.32 Å². The fourth-order valence-corrected chi connectivity index (χ4v) is 3.57. The summed E-state index contributed by atoms with van der Waals surface area (Å²) < 4.78 is 5.56. The van der Waals surface area contributed by atoms with Crippen LogP contribution in [0.5, 0.6) is 5.75 Å². The number of thioether (sulfide) groups is 1. The molecule has 0 fully saturated rings. The minimum Gasteiger partial charge on any atom is -0.493 e. The molecule has 2 aromatic rings. The molecular weight excluding hydrogens is 322 g/mol. The van der Waals surface area contributed by atoms with Crippen molar-refractivity contribution in [3.8, 4) is 5.75 Å². The van der Waals surface area contributed by atoms with Gasteiger partial charge in [-0.15, -0.1) is 11.8 Å². The molecule has 0 saturated heterocycles. The first kappa shape index (κ1) is 16.9. The topological polar surface area (TPSA) is 58.6 Å². The van der Waals surface area contributed by atoms with Crippen LogP contribution in [0.15, 0.2) is 54.6 Å². The molecule has 3 rings (SSSR count). The Hall–Kier alpha value is -1.98. The van der Waals surface area contributed by atoms with Crippen LogP contribution in [0.25, 0.3) is 0 Å². The summed E-state index contributed by atoms with van der Waals surface area (Å²) in [5.74, 6) is 1.81. The van der Waals surface area contributed by atoms with E-state index in [0.717, 1.165) is 11.3 Å². The molecule has 0 aliphatic carbocycles. The van der Waals surface area contributed by atoms with Gasteiger partial charge in [-0.25, -0.2) is 0 Å². The van der Waals surface area contributed by atoms with Crippen molar-refractivity contribution in [3.63, 3.8) is 0 Å². The smallest absolute Gasteiger partial charge is 0.230 e. The quantitative estimate of drug-likeness (QED) is 0.847. The molecular formula is C19H21NO3S. The Morgan fingerprint density at radius 2 is 1.92 bits per heavy atom. The molecule has 2 aromatic carbocycles. The van der Waals surface area contributed by atoms with Gasteiger partial charge in [0.2, 0.25) is 5.91 Å². The van der Waals surface area contributed by atoms with Crippen LogP contribution in [0.4, 0.5) is 0 Å². The minimum absolute atomic E-state index is 0.0617. The monoisotopic (exact) mass is 343 g/mol. The number of carbonyl (C=O) groups excluding carboxylic acids is 1. The maximum Gasteiger partial charge on any atom is 0.230 e. The van der Waals surface area contributed by atoms with Crippen molar-refractivity contribution >= 4 is 17.7 Å². The van der Waals surface area contributed by atoms with E-state index in [1.807, 2.05) is 54.6 Å². The van der Waals surface area contributed by atoms with E-state index in [-0.39, 0.29) is 12.5 Å². The molecule has 0 spiro atoms. The number of para-hydroxylation sites is 1. The van der Waals surface area contributed by atoms with Crippen LogP contribution in [-0.4, -0.2) is 29.9 Å². The number of benzene rings is 2. The fourth-order valence-electron chi connectivity index (χ4n) is 2.76. The van der Waals surface area contributed by atoms with Gasteiger partial charge in [0.15, 0.2) is 0 Å². The van der Waals surface area contributed by atoms with E-state index in [0.29, 0.717) is 24.5 Å². The highest BCUT2D eigenvalue weighted by molar-refractivity contribution is 7.99. The fraction of sp³-hybridized carbons (Fsp3) is 0.316. The molecule has 0 bridgehead atoms. The van der Waals surface area contributed by atoms with Gasteiger partial charge in [-0.3, -0.25) is 4.79 Å². The second kappa shape index (κ2) is 7.73. The SMILES string of the molecule is O=C(CSCc1ccccc1)NC[C@]1(O)CCOc2ccccc21. The Labute approximate surface area is 146 Å². The van der Waals surface area contributed by atoms with E-state index < -0.39 is 5.60 Å². The minimum atomic E-state index is -1.06. The van der Waals surface area contributed by atoms with Gasteiger partial charge >= 0.3 is 0 Å². The molecule has 2 N–H and O–H groups in total. The summed E-state index contributed by atoms with van der Waals surface area (Å²) in [5.41, 5.74) is 0.884. The number of fused-ring (bicyclic) bond motifs is 1. The summed E-state index contributed by atoms with van der Waals surface area (Å²) in [7, 11) is 0. The van der Waals surface area contributed by atoms with Crippen molar-refractivity contribution in [1.82, 2.24) is 5.32 Å². The van der Waals surface area contributed by atoms with Crippen LogP contribution in [0, 0.1) is 0 Å². The van der Waals surface area contributed by atoms with Gasteiger partial charge in [-0.1, -0.05) is 48.5 Å². The average Bonchev–Trinajstić information content (AvgIpc) is 2.62. The number of ether oxygens (including phenoxy) is 1. The predicted octanol–water partition coefficient (Wildman–Crippen LogP) is 2.71. The number of nitrogens with one attached hydrogen (secondary N) is 1. The van der Waals surface area contributed by atoms with Crippen LogP contribution >= 0.6 is 11.8 Å². The Bertz CT molecular complexity index is 692. The first-order valence-corrected chi connectivity index (χ1v) is 9.16. The number of aliphatic hydroxyl groups is 1. The summed E-state index contributed by atoms with van der Waals surface area (Å²) in [6.07, 6.45) is 0.474. The third kappa shape index (κ3) is 4.10. The van der Waals surface area contributed by atoms with Crippen molar-refractivity contribution in [2.75, 3.05) is 18.9 Å². The molecule has 1 aliphatic rings. The molecule has 24 heavy (non-hydrogen) atoms. The first-order chi connectivity index (χ1) is 11.7. The number of hydrogen-bond donors (Lipinski definition) is 2. The maximum absolute atomic E-state index is 12.1. The van der Waals surface area contributed by atoms with E-state index >= 15 is 0 Å². The third-order valence-electron chi connectivity index (χ3n) is 4.08. The molecule has 0 unspecified atom stereocenters. The molecule has 0 saturated carbocycles. The zero-order valence-corrected chi connectivity index (χ0v) is 14.2. The van der Waals surface area contributed by atoms with Gasteiger partial charge in [-0.05, 0) is 11.6 Å². The summed E-state index contributed by atoms with van der Waals surface area (Å²) >= 11 is 1.57. The van der Waals surface area contributed by atoms with Gasteiger partial charge in [0.25, 0.3) is 0 Å². The highest BCUT2D eigenvalue weighted by Gasteiger charge is 2.35. The first-order valence-electron chi connectivity index (χ1n) is 8.00. The summed E-state index contributed by atoms with van der Waals surface area (Å²) in [6.45, 7) is 0.657. The van der Waals surface area contributed by atoms with E-state index in [4.69, 9.17) is 4.74 Å². The Morgan fingerprint density at radius 1 is 1.17 bits per heavy atom. The second-order valence-corrected chi connectivity index (χ2v) is 6.87. The molecule has 5 heteroatoms. The molecule has 1 aliphatic heterocycles. The molecule has 4 nitrogen and oxygen atoms in total. The van der Waals surface area contributed by atoms with Crippen LogP contribution < -0.4 is 10.1 Å².